The third-order valence-corrected chi connectivity index (χ3v) is 7.21. The van der Waals surface area contributed by atoms with Crippen molar-refractivity contribution in [3.8, 4) is 5.69 Å². The minimum Gasteiger partial charge on any atom is -0.349 e. The van der Waals surface area contributed by atoms with E-state index in [9.17, 15) is 4.79 Å². The molecule has 1 unspecified atom stereocenters. The molecule has 0 radical (unpaired) electrons. The molecule has 1 saturated heterocycles. The summed E-state index contributed by atoms with van der Waals surface area (Å²) in [5.74, 6) is 1.18. The van der Waals surface area contributed by atoms with Gasteiger partial charge in [-0.15, -0.1) is 10.2 Å². The van der Waals surface area contributed by atoms with Gasteiger partial charge >= 0.3 is 0 Å². The van der Waals surface area contributed by atoms with E-state index >= 15 is 0 Å². The van der Waals surface area contributed by atoms with E-state index in [1.54, 1.807) is 0 Å². The van der Waals surface area contributed by atoms with Crippen molar-refractivity contribution in [2.75, 3.05) is 18.8 Å². The van der Waals surface area contributed by atoms with Gasteiger partial charge in [-0.05, 0) is 61.3 Å². The largest absolute Gasteiger partial charge is 0.349 e. The van der Waals surface area contributed by atoms with Gasteiger partial charge in [-0.25, -0.2) is 0 Å². The lowest BCUT2D eigenvalue weighted by atomic mass is 10.00. The summed E-state index contributed by atoms with van der Waals surface area (Å²) in [6.45, 7) is 4.99. The number of nitrogens with zero attached hydrogens (tertiary/aromatic N) is 4. The van der Waals surface area contributed by atoms with Gasteiger partial charge in [0.2, 0.25) is 5.91 Å². The molecule has 4 aromatic rings. The summed E-state index contributed by atoms with van der Waals surface area (Å²) < 4.78 is 2.09. The van der Waals surface area contributed by atoms with Crippen LogP contribution in [0, 0.1) is 0 Å². The summed E-state index contributed by atoms with van der Waals surface area (Å²) in [5.41, 5.74) is 2.14. The van der Waals surface area contributed by atoms with Gasteiger partial charge in [-0.2, -0.15) is 0 Å². The number of likely N-dealkylation sites (tertiary alicyclic amines) is 1. The minimum absolute atomic E-state index is 0.0193. The Kier molecular flexibility index (Phi) is 6.92. The first-order chi connectivity index (χ1) is 16.7. The summed E-state index contributed by atoms with van der Waals surface area (Å²) in [6.07, 6.45) is 2.46. The van der Waals surface area contributed by atoms with E-state index in [1.165, 1.54) is 35.4 Å². The molecule has 1 aromatic heterocycles. The molecule has 1 N–H and O–H groups in total. The minimum atomic E-state index is -0.0862. The molecule has 0 aliphatic carbocycles. The van der Waals surface area contributed by atoms with Crippen molar-refractivity contribution < 1.29 is 4.79 Å². The van der Waals surface area contributed by atoms with Crippen molar-refractivity contribution in [1.82, 2.24) is 25.0 Å². The van der Waals surface area contributed by atoms with Crippen LogP contribution in [0.4, 0.5) is 0 Å². The number of nitrogens with one attached hydrogen (secondary N) is 1. The molecule has 6 nitrogen and oxygen atoms in total. The Morgan fingerprint density at radius 1 is 0.971 bits per heavy atom. The van der Waals surface area contributed by atoms with Crippen LogP contribution < -0.4 is 5.32 Å². The zero-order chi connectivity index (χ0) is 23.3. The van der Waals surface area contributed by atoms with Crippen LogP contribution in [-0.2, 0) is 11.3 Å². The fourth-order valence-electron chi connectivity index (χ4n) is 4.59. The third kappa shape index (κ3) is 5.00. The van der Waals surface area contributed by atoms with E-state index in [4.69, 9.17) is 0 Å². The first-order valence-corrected chi connectivity index (χ1v) is 12.8. The molecule has 3 aromatic carbocycles. The first-order valence-electron chi connectivity index (χ1n) is 11.8. The van der Waals surface area contributed by atoms with Gasteiger partial charge in [0.25, 0.3) is 0 Å². The van der Waals surface area contributed by atoms with Crippen LogP contribution in [0.3, 0.4) is 0 Å². The number of carbonyl (C=O) groups is 1. The van der Waals surface area contributed by atoms with Gasteiger partial charge in [-0.3, -0.25) is 14.3 Å². The Morgan fingerprint density at radius 3 is 2.53 bits per heavy atom. The van der Waals surface area contributed by atoms with Gasteiger partial charge in [0.15, 0.2) is 11.0 Å². The van der Waals surface area contributed by atoms with E-state index in [2.05, 4.69) is 61.4 Å². The van der Waals surface area contributed by atoms with Crippen LogP contribution in [0.2, 0.25) is 0 Å². The second kappa shape index (κ2) is 10.4. The molecule has 1 atom stereocenters. The average Bonchev–Trinajstić information content (AvgIpc) is 3.53. The zero-order valence-corrected chi connectivity index (χ0v) is 20.2. The lowest BCUT2D eigenvalue weighted by molar-refractivity contribution is -0.119. The highest BCUT2D eigenvalue weighted by Gasteiger charge is 2.20. The number of fused-ring (bicyclic) bond motifs is 1. The second-order valence-electron chi connectivity index (χ2n) is 8.70. The average molecular weight is 472 g/mol. The van der Waals surface area contributed by atoms with Crippen LogP contribution in [0.1, 0.15) is 37.2 Å². The van der Waals surface area contributed by atoms with Crippen LogP contribution in [0.5, 0.6) is 0 Å². The van der Waals surface area contributed by atoms with Crippen LogP contribution >= 0.6 is 11.8 Å². The van der Waals surface area contributed by atoms with Crippen molar-refractivity contribution >= 4 is 28.4 Å². The van der Waals surface area contributed by atoms with Gasteiger partial charge < -0.3 is 5.32 Å². The number of thioether (sulfide) groups is 1. The SMILES string of the molecule is CC(NC(=O)CSc1nnc(CN2CCCC2)n1-c1ccccc1)c1cccc2ccccc12. The molecule has 0 bridgehead atoms. The standard InChI is InChI=1S/C27H29N5OS/c1-20(23-15-9-11-21-10-5-6-14-24(21)23)28-26(33)19-34-27-30-29-25(18-31-16-7-8-17-31)32(27)22-12-3-2-4-13-22/h2-6,9-15,20H,7-8,16-19H2,1H3,(H,28,33). The summed E-state index contributed by atoms with van der Waals surface area (Å²) in [7, 11) is 0. The molecule has 1 aliphatic rings. The Bertz CT molecular complexity index is 1260. The number of hydrogen-bond acceptors (Lipinski definition) is 5. The number of benzene rings is 3. The zero-order valence-electron chi connectivity index (χ0n) is 19.4. The summed E-state index contributed by atoms with van der Waals surface area (Å²) in [5, 5.41) is 15.2. The number of rotatable bonds is 8. The molecular formula is C27H29N5OS. The van der Waals surface area contributed by atoms with Crippen LogP contribution in [0.15, 0.2) is 78.0 Å². The normalized spacial score (nSPS) is 15.0. The van der Waals surface area contributed by atoms with Crippen molar-refractivity contribution in [2.45, 2.75) is 37.5 Å². The lowest BCUT2D eigenvalue weighted by Gasteiger charge is -2.17. The van der Waals surface area contributed by atoms with Crippen molar-refractivity contribution in [1.29, 1.82) is 0 Å². The maximum absolute atomic E-state index is 12.9. The topological polar surface area (TPSA) is 63.1 Å². The molecule has 0 saturated carbocycles. The molecular weight excluding hydrogens is 442 g/mol. The first kappa shape index (κ1) is 22.6. The maximum atomic E-state index is 12.9. The summed E-state index contributed by atoms with van der Waals surface area (Å²) in [4.78, 5) is 15.3. The molecule has 1 fully saturated rings. The van der Waals surface area contributed by atoms with E-state index in [-0.39, 0.29) is 17.7 Å². The van der Waals surface area contributed by atoms with Gasteiger partial charge in [-0.1, -0.05) is 72.4 Å². The Balaban J connectivity index is 1.29. The maximum Gasteiger partial charge on any atom is 0.230 e. The number of aromatic nitrogens is 3. The van der Waals surface area contributed by atoms with E-state index < -0.39 is 0 Å². The highest BCUT2D eigenvalue weighted by molar-refractivity contribution is 7.99. The fraction of sp³-hybridized carbons (Fsp3) is 0.296. The number of amides is 1. The predicted octanol–water partition coefficient (Wildman–Crippen LogP) is 4.99. The molecule has 7 heteroatoms. The van der Waals surface area contributed by atoms with Gasteiger partial charge in [0, 0.05) is 5.69 Å². The molecule has 2 heterocycles. The smallest absolute Gasteiger partial charge is 0.230 e. The van der Waals surface area contributed by atoms with Crippen LogP contribution in [-0.4, -0.2) is 44.4 Å². The van der Waals surface area contributed by atoms with E-state index in [0.717, 1.165) is 41.9 Å². The van der Waals surface area contributed by atoms with Crippen molar-refractivity contribution in [3.05, 3.63) is 84.2 Å². The Morgan fingerprint density at radius 2 is 1.71 bits per heavy atom. The highest BCUT2D eigenvalue weighted by Crippen LogP contribution is 2.26. The van der Waals surface area contributed by atoms with Crippen molar-refractivity contribution in [2.24, 2.45) is 0 Å². The number of para-hydroxylation sites is 1. The predicted molar refractivity (Wildman–Crippen MR) is 137 cm³/mol. The molecule has 34 heavy (non-hydrogen) atoms. The molecule has 1 aliphatic heterocycles. The van der Waals surface area contributed by atoms with Crippen molar-refractivity contribution in [3.63, 3.8) is 0 Å². The lowest BCUT2D eigenvalue weighted by Crippen LogP contribution is -2.28. The van der Waals surface area contributed by atoms with Gasteiger partial charge in [0.1, 0.15) is 0 Å². The Hall–Kier alpha value is -3.16. The quantitative estimate of drug-likeness (QED) is 0.367. The number of hydrogen-bond donors (Lipinski definition) is 1. The third-order valence-electron chi connectivity index (χ3n) is 6.28. The van der Waals surface area contributed by atoms with E-state index in [0.29, 0.717) is 0 Å². The molecule has 174 valence electrons. The molecule has 5 rings (SSSR count). The monoisotopic (exact) mass is 471 g/mol. The number of carbonyl (C=O) groups excluding carboxylic acids is 1. The summed E-state index contributed by atoms with van der Waals surface area (Å²) >= 11 is 1.43. The second-order valence-corrected chi connectivity index (χ2v) is 9.64. The van der Waals surface area contributed by atoms with Gasteiger partial charge in [0.05, 0.1) is 18.3 Å². The summed E-state index contributed by atoms with van der Waals surface area (Å²) in [6, 6.07) is 24.6. The molecule has 1 amide bonds. The van der Waals surface area contributed by atoms with Crippen LogP contribution in [0.25, 0.3) is 16.5 Å². The Labute approximate surface area is 204 Å². The molecule has 0 spiro atoms. The van der Waals surface area contributed by atoms with E-state index in [1.807, 2.05) is 43.3 Å². The fourth-order valence-corrected chi connectivity index (χ4v) is 5.37. The highest BCUT2D eigenvalue weighted by atomic mass is 32.2.